The molecule has 0 aliphatic rings. The number of carbonyl (C=O) groups is 1. The van der Waals surface area contributed by atoms with Crippen molar-refractivity contribution in [3.8, 4) is 11.5 Å². The Morgan fingerprint density at radius 1 is 1.14 bits per heavy atom. The average molecular weight is 190 g/mol. The molecule has 2 N–H and O–H groups in total. The van der Waals surface area contributed by atoms with E-state index in [0.717, 1.165) is 0 Å². The van der Waals surface area contributed by atoms with Crippen molar-refractivity contribution in [2.45, 2.75) is 0 Å². The molecule has 0 saturated heterocycles. The van der Waals surface area contributed by atoms with Gasteiger partial charge in [0.1, 0.15) is 0 Å². The molecular formula is C11H10O3. The van der Waals surface area contributed by atoms with Gasteiger partial charge in [-0.1, -0.05) is 25.3 Å². The van der Waals surface area contributed by atoms with Crippen molar-refractivity contribution in [2.75, 3.05) is 0 Å². The zero-order valence-electron chi connectivity index (χ0n) is 7.53. The molecule has 1 aromatic carbocycles. The van der Waals surface area contributed by atoms with Crippen LogP contribution in [-0.2, 0) is 0 Å². The number of hydrogen-bond donors (Lipinski definition) is 2. The van der Waals surface area contributed by atoms with E-state index in [1.165, 1.54) is 18.2 Å². The first kappa shape index (κ1) is 10.1. The highest BCUT2D eigenvalue weighted by atomic mass is 16.3. The van der Waals surface area contributed by atoms with E-state index in [0.29, 0.717) is 17.4 Å². The van der Waals surface area contributed by atoms with E-state index in [9.17, 15) is 15.0 Å². The van der Waals surface area contributed by atoms with Crippen LogP contribution in [-0.4, -0.2) is 16.5 Å². The topological polar surface area (TPSA) is 57.5 Å². The van der Waals surface area contributed by atoms with Crippen molar-refractivity contribution >= 4 is 18.4 Å². The molecule has 0 amide bonds. The van der Waals surface area contributed by atoms with Crippen LogP contribution < -0.4 is 0 Å². The van der Waals surface area contributed by atoms with Gasteiger partial charge in [0.15, 0.2) is 17.8 Å². The molecule has 0 heterocycles. The molecule has 1 rings (SSSR count). The van der Waals surface area contributed by atoms with E-state index < -0.39 is 0 Å². The lowest BCUT2D eigenvalue weighted by molar-refractivity contribution is 0.112. The first-order valence-electron chi connectivity index (χ1n) is 3.94. The van der Waals surface area contributed by atoms with Crippen molar-refractivity contribution in [3.63, 3.8) is 0 Å². The fourth-order valence-corrected chi connectivity index (χ4v) is 1.25. The summed E-state index contributed by atoms with van der Waals surface area (Å²) in [6.07, 6.45) is 3.38. The lowest BCUT2D eigenvalue weighted by Crippen LogP contribution is -1.91. The second-order valence-corrected chi connectivity index (χ2v) is 2.69. The standard InChI is InChI=1S/C11H10O3/c1-3-8-7(6-12)5-10(13)11(14)9(8)4-2/h3-6,13-14H,1-2H2. The molecule has 0 atom stereocenters. The highest BCUT2D eigenvalue weighted by molar-refractivity contribution is 5.88. The van der Waals surface area contributed by atoms with Gasteiger partial charge in [0.05, 0.1) is 0 Å². The lowest BCUT2D eigenvalue weighted by atomic mass is 10.00. The third-order valence-electron chi connectivity index (χ3n) is 1.93. The largest absolute Gasteiger partial charge is 0.504 e. The molecule has 0 unspecified atom stereocenters. The van der Waals surface area contributed by atoms with Gasteiger partial charge >= 0.3 is 0 Å². The van der Waals surface area contributed by atoms with Crippen molar-refractivity contribution in [1.29, 1.82) is 0 Å². The van der Waals surface area contributed by atoms with Crippen molar-refractivity contribution in [1.82, 2.24) is 0 Å². The number of aromatic hydroxyl groups is 2. The minimum Gasteiger partial charge on any atom is -0.504 e. The maximum atomic E-state index is 10.6. The Hall–Kier alpha value is -2.03. The van der Waals surface area contributed by atoms with E-state index in [4.69, 9.17) is 0 Å². The first-order valence-corrected chi connectivity index (χ1v) is 3.94. The Labute approximate surface area is 81.6 Å². The molecule has 3 nitrogen and oxygen atoms in total. The first-order chi connectivity index (χ1) is 6.65. The van der Waals surface area contributed by atoms with Gasteiger partial charge in [-0.05, 0) is 11.6 Å². The second kappa shape index (κ2) is 3.79. The molecule has 0 saturated carbocycles. The molecule has 14 heavy (non-hydrogen) atoms. The van der Waals surface area contributed by atoms with Crippen molar-refractivity contribution < 1.29 is 15.0 Å². The number of aldehydes is 1. The van der Waals surface area contributed by atoms with Crippen LogP contribution in [0.4, 0.5) is 0 Å². The highest BCUT2D eigenvalue weighted by Crippen LogP contribution is 2.34. The molecule has 1 aromatic rings. The van der Waals surface area contributed by atoms with E-state index in [2.05, 4.69) is 13.2 Å². The molecule has 0 bridgehead atoms. The van der Waals surface area contributed by atoms with E-state index in [1.807, 2.05) is 0 Å². The number of hydrogen-bond acceptors (Lipinski definition) is 3. The van der Waals surface area contributed by atoms with Crippen molar-refractivity contribution in [2.24, 2.45) is 0 Å². The Balaban J connectivity index is 3.66. The van der Waals surface area contributed by atoms with Crippen LogP contribution >= 0.6 is 0 Å². The summed E-state index contributed by atoms with van der Waals surface area (Å²) in [7, 11) is 0. The summed E-state index contributed by atoms with van der Waals surface area (Å²) < 4.78 is 0. The Morgan fingerprint density at radius 3 is 2.14 bits per heavy atom. The molecule has 3 heteroatoms. The maximum absolute atomic E-state index is 10.6. The summed E-state index contributed by atoms with van der Waals surface area (Å²) in [5.41, 5.74) is 1.04. The Kier molecular flexibility index (Phi) is 2.72. The minimum atomic E-state index is -0.340. The molecule has 0 aromatic heterocycles. The average Bonchev–Trinajstić information content (AvgIpc) is 2.20. The zero-order chi connectivity index (χ0) is 10.7. The lowest BCUT2D eigenvalue weighted by Gasteiger charge is -2.08. The molecule has 0 aliphatic heterocycles. The molecule has 0 spiro atoms. The van der Waals surface area contributed by atoms with Crippen LogP contribution in [0.15, 0.2) is 19.2 Å². The second-order valence-electron chi connectivity index (χ2n) is 2.69. The third kappa shape index (κ3) is 1.40. The van der Waals surface area contributed by atoms with Crippen LogP contribution in [0.1, 0.15) is 21.5 Å². The van der Waals surface area contributed by atoms with Crippen LogP contribution in [0.2, 0.25) is 0 Å². The maximum Gasteiger partial charge on any atom is 0.165 e. The van der Waals surface area contributed by atoms with Gasteiger partial charge in [-0.3, -0.25) is 4.79 Å². The van der Waals surface area contributed by atoms with E-state index in [-0.39, 0.29) is 17.1 Å². The number of benzene rings is 1. The van der Waals surface area contributed by atoms with Gasteiger partial charge in [-0.15, -0.1) is 0 Å². The summed E-state index contributed by atoms with van der Waals surface area (Å²) in [6.45, 7) is 7.00. The Morgan fingerprint density at radius 2 is 1.71 bits per heavy atom. The SMILES string of the molecule is C=Cc1c(C=O)cc(O)c(O)c1C=C. The predicted octanol–water partition coefficient (Wildman–Crippen LogP) is 2.20. The van der Waals surface area contributed by atoms with Crippen LogP contribution in [0, 0.1) is 0 Å². The van der Waals surface area contributed by atoms with Crippen LogP contribution in [0.5, 0.6) is 11.5 Å². The predicted molar refractivity (Wildman–Crippen MR) is 55.3 cm³/mol. The summed E-state index contributed by atoms with van der Waals surface area (Å²) in [5.74, 6) is -0.631. The molecule has 0 radical (unpaired) electrons. The van der Waals surface area contributed by atoms with Crippen molar-refractivity contribution in [3.05, 3.63) is 35.9 Å². The van der Waals surface area contributed by atoms with Crippen LogP contribution in [0.25, 0.3) is 12.2 Å². The quantitative estimate of drug-likeness (QED) is 0.567. The smallest absolute Gasteiger partial charge is 0.165 e. The van der Waals surface area contributed by atoms with E-state index in [1.54, 1.807) is 0 Å². The molecule has 72 valence electrons. The zero-order valence-corrected chi connectivity index (χ0v) is 7.53. The van der Waals surface area contributed by atoms with Gasteiger partial charge in [0.2, 0.25) is 0 Å². The van der Waals surface area contributed by atoms with Gasteiger partial charge in [0.25, 0.3) is 0 Å². The Bertz CT molecular complexity index is 405. The monoisotopic (exact) mass is 190 g/mol. The number of carbonyl (C=O) groups excluding carboxylic acids is 1. The summed E-state index contributed by atoms with van der Waals surface area (Å²) in [6, 6.07) is 1.19. The molecule has 0 fully saturated rings. The minimum absolute atomic E-state index is 0.269. The third-order valence-corrected chi connectivity index (χ3v) is 1.93. The van der Waals surface area contributed by atoms with Gasteiger partial charge < -0.3 is 10.2 Å². The summed E-state index contributed by atoms with van der Waals surface area (Å²) in [5, 5.41) is 18.7. The fraction of sp³-hybridized carbons (Fsp3) is 0. The summed E-state index contributed by atoms with van der Waals surface area (Å²) in [4.78, 5) is 10.6. The van der Waals surface area contributed by atoms with Gasteiger partial charge in [0, 0.05) is 11.1 Å². The normalized spacial score (nSPS) is 9.43. The molecule has 0 aliphatic carbocycles. The number of phenolic OH excluding ortho intramolecular Hbond substituents is 2. The number of rotatable bonds is 3. The summed E-state index contributed by atoms with van der Waals surface area (Å²) >= 11 is 0. The van der Waals surface area contributed by atoms with Gasteiger partial charge in [-0.25, -0.2) is 0 Å². The molecular weight excluding hydrogens is 180 g/mol. The van der Waals surface area contributed by atoms with Gasteiger partial charge in [-0.2, -0.15) is 0 Å². The van der Waals surface area contributed by atoms with Crippen LogP contribution in [0.3, 0.4) is 0 Å². The highest BCUT2D eigenvalue weighted by Gasteiger charge is 2.12. The fourth-order valence-electron chi connectivity index (χ4n) is 1.25. The number of phenols is 2. The van der Waals surface area contributed by atoms with E-state index >= 15 is 0 Å².